The number of likely N-dealkylation sites (tertiary alicyclic amines) is 1. The van der Waals surface area contributed by atoms with Gasteiger partial charge in [0.05, 0.1) is 19.2 Å². The Hall–Kier alpha value is -4.08. The summed E-state index contributed by atoms with van der Waals surface area (Å²) in [6, 6.07) is 13.5. The summed E-state index contributed by atoms with van der Waals surface area (Å²) in [7, 11) is 1.66. The number of methoxy groups -OCH3 is 1. The number of aromatic nitrogens is 2. The Morgan fingerprint density at radius 2 is 1.79 bits per heavy atom. The maximum absolute atomic E-state index is 13.5. The number of fused-ring (bicyclic) bond motifs is 1. The van der Waals surface area contributed by atoms with Crippen LogP contribution >= 0.6 is 0 Å². The van der Waals surface area contributed by atoms with Gasteiger partial charge in [-0.3, -0.25) is 14.0 Å². The van der Waals surface area contributed by atoms with E-state index >= 15 is 0 Å². The lowest BCUT2D eigenvalue weighted by Crippen LogP contribution is -2.42. The van der Waals surface area contributed by atoms with Crippen molar-refractivity contribution in [1.82, 2.24) is 24.9 Å². The van der Waals surface area contributed by atoms with Gasteiger partial charge < -0.3 is 25.0 Å². The predicted octanol–water partition coefficient (Wildman–Crippen LogP) is 4.64. The van der Waals surface area contributed by atoms with Gasteiger partial charge in [0, 0.05) is 37.3 Å². The van der Waals surface area contributed by atoms with Gasteiger partial charge in [-0.2, -0.15) is 0 Å². The van der Waals surface area contributed by atoms with Crippen molar-refractivity contribution in [2.75, 3.05) is 26.7 Å². The van der Waals surface area contributed by atoms with Gasteiger partial charge in [0.1, 0.15) is 22.7 Å². The minimum Gasteiger partial charge on any atom is -0.497 e. The Balaban J connectivity index is 1.22. The molecule has 1 saturated heterocycles. The SMILES string of the molecule is COc1ccc(C2(CNC(=O)c3cccc4nc(CC(=O)N[C@@H]5CCN(C(=O)OC(C)(C)C)C5)cn34)CCCCC2)cc1. The lowest BCUT2D eigenvalue weighted by atomic mass is 9.69. The molecule has 0 spiro atoms. The van der Waals surface area contributed by atoms with Gasteiger partial charge in [-0.1, -0.05) is 37.5 Å². The number of amides is 3. The van der Waals surface area contributed by atoms with E-state index in [0.717, 1.165) is 31.4 Å². The first-order valence-electron chi connectivity index (χ1n) is 15.2. The highest BCUT2D eigenvalue weighted by Gasteiger charge is 2.35. The van der Waals surface area contributed by atoms with Crippen molar-refractivity contribution >= 4 is 23.6 Å². The Morgan fingerprint density at radius 3 is 2.49 bits per heavy atom. The Labute approximate surface area is 253 Å². The number of nitrogens with zero attached hydrogens (tertiary/aromatic N) is 3. The van der Waals surface area contributed by atoms with Crippen LogP contribution in [0.4, 0.5) is 4.79 Å². The second-order valence-electron chi connectivity index (χ2n) is 12.8. The van der Waals surface area contributed by atoms with Crippen molar-refractivity contribution in [2.45, 2.75) is 82.8 Å². The van der Waals surface area contributed by atoms with Crippen molar-refractivity contribution in [3.63, 3.8) is 0 Å². The van der Waals surface area contributed by atoms with E-state index in [1.807, 2.05) is 45.0 Å². The topological polar surface area (TPSA) is 114 Å². The lowest BCUT2D eigenvalue weighted by Gasteiger charge is -2.38. The third-order valence-electron chi connectivity index (χ3n) is 8.42. The van der Waals surface area contributed by atoms with Gasteiger partial charge in [-0.05, 0) is 69.9 Å². The third-order valence-corrected chi connectivity index (χ3v) is 8.42. The van der Waals surface area contributed by atoms with E-state index < -0.39 is 5.60 Å². The zero-order valence-corrected chi connectivity index (χ0v) is 25.7. The number of carbonyl (C=O) groups is 3. The van der Waals surface area contributed by atoms with Gasteiger partial charge in [0.25, 0.3) is 5.91 Å². The molecule has 1 saturated carbocycles. The molecule has 2 aromatic heterocycles. The molecule has 0 unspecified atom stereocenters. The highest BCUT2D eigenvalue weighted by atomic mass is 16.6. The molecule has 43 heavy (non-hydrogen) atoms. The Kier molecular flexibility index (Phi) is 8.94. The summed E-state index contributed by atoms with van der Waals surface area (Å²) in [6.07, 6.45) is 7.63. The summed E-state index contributed by atoms with van der Waals surface area (Å²) >= 11 is 0. The van der Waals surface area contributed by atoms with Crippen LogP contribution in [0.5, 0.6) is 5.75 Å². The van der Waals surface area contributed by atoms with Crippen molar-refractivity contribution < 1.29 is 23.9 Å². The van der Waals surface area contributed by atoms with Crippen LogP contribution in [0.1, 0.15) is 81.0 Å². The first kappa shape index (κ1) is 30.4. The molecule has 1 aromatic carbocycles. The van der Waals surface area contributed by atoms with Crippen molar-refractivity contribution in [3.05, 3.63) is 65.6 Å². The van der Waals surface area contributed by atoms with Gasteiger partial charge in [0.2, 0.25) is 5.91 Å². The molecule has 1 atom stereocenters. The monoisotopic (exact) mass is 589 g/mol. The maximum atomic E-state index is 13.5. The number of hydrogen-bond donors (Lipinski definition) is 2. The van der Waals surface area contributed by atoms with Crippen molar-refractivity contribution in [2.24, 2.45) is 0 Å². The molecule has 2 fully saturated rings. The Morgan fingerprint density at radius 1 is 1.05 bits per heavy atom. The maximum Gasteiger partial charge on any atom is 0.410 e. The summed E-state index contributed by atoms with van der Waals surface area (Å²) < 4.78 is 12.5. The van der Waals surface area contributed by atoms with E-state index in [2.05, 4.69) is 27.8 Å². The number of ether oxygens (including phenoxy) is 2. The molecule has 0 bridgehead atoms. The predicted molar refractivity (Wildman–Crippen MR) is 163 cm³/mol. The molecule has 3 heterocycles. The number of pyridine rings is 1. The highest BCUT2D eigenvalue weighted by Crippen LogP contribution is 2.39. The minimum absolute atomic E-state index is 0.0757. The van der Waals surface area contributed by atoms with Crippen LogP contribution in [0.3, 0.4) is 0 Å². The molecule has 3 amide bonds. The van der Waals surface area contributed by atoms with E-state index in [0.29, 0.717) is 43.1 Å². The fourth-order valence-corrected chi connectivity index (χ4v) is 6.23. The largest absolute Gasteiger partial charge is 0.497 e. The van der Waals surface area contributed by atoms with Gasteiger partial charge in [0.15, 0.2) is 0 Å². The van der Waals surface area contributed by atoms with Gasteiger partial charge in [-0.15, -0.1) is 0 Å². The zero-order chi connectivity index (χ0) is 30.6. The quantitative estimate of drug-likeness (QED) is 0.396. The van der Waals surface area contributed by atoms with Crippen LogP contribution in [0.25, 0.3) is 5.65 Å². The molecule has 0 radical (unpaired) electrons. The van der Waals surface area contributed by atoms with E-state index in [1.165, 1.54) is 12.0 Å². The van der Waals surface area contributed by atoms with Crippen LogP contribution in [0.2, 0.25) is 0 Å². The lowest BCUT2D eigenvalue weighted by molar-refractivity contribution is -0.121. The fourth-order valence-electron chi connectivity index (χ4n) is 6.23. The normalized spacial score (nSPS) is 18.3. The molecule has 10 nitrogen and oxygen atoms in total. The summed E-state index contributed by atoms with van der Waals surface area (Å²) in [5.41, 5.74) is 2.19. The van der Waals surface area contributed by atoms with Gasteiger partial charge >= 0.3 is 6.09 Å². The van der Waals surface area contributed by atoms with Gasteiger partial charge in [-0.25, -0.2) is 9.78 Å². The van der Waals surface area contributed by atoms with E-state index in [1.54, 1.807) is 28.7 Å². The van der Waals surface area contributed by atoms with Crippen LogP contribution in [0, 0.1) is 0 Å². The van der Waals surface area contributed by atoms with Crippen LogP contribution in [-0.2, 0) is 21.4 Å². The second kappa shape index (κ2) is 12.7. The number of carbonyl (C=O) groups excluding carboxylic acids is 3. The van der Waals surface area contributed by atoms with Crippen molar-refractivity contribution in [1.29, 1.82) is 0 Å². The van der Waals surface area contributed by atoms with Crippen molar-refractivity contribution in [3.8, 4) is 5.75 Å². The fraction of sp³-hybridized carbons (Fsp3) is 0.515. The summed E-state index contributed by atoms with van der Waals surface area (Å²) in [5.74, 6) is 0.468. The summed E-state index contributed by atoms with van der Waals surface area (Å²) in [6.45, 7) is 6.99. The number of benzene rings is 1. The third kappa shape index (κ3) is 7.29. The zero-order valence-electron chi connectivity index (χ0n) is 25.7. The molecule has 1 aliphatic heterocycles. The highest BCUT2D eigenvalue weighted by molar-refractivity contribution is 5.93. The standard InChI is InChI=1S/C33H43N5O5/c1-32(2,3)43-31(41)37-18-15-24(20-37)36-29(39)19-25-21-38-27(9-8-10-28(38)35-25)30(40)34-22-33(16-6-5-7-17-33)23-11-13-26(42-4)14-12-23/h8-14,21,24H,5-7,15-20,22H2,1-4H3,(H,34,40)(H,36,39)/t24-/m1/s1. The minimum atomic E-state index is -0.564. The molecule has 2 N–H and O–H groups in total. The molecular weight excluding hydrogens is 546 g/mol. The summed E-state index contributed by atoms with van der Waals surface area (Å²) in [5, 5.41) is 6.23. The molecule has 1 aliphatic carbocycles. The van der Waals surface area contributed by atoms with Crippen LogP contribution < -0.4 is 15.4 Å². The first-order chi connectivity index (χ1) is 20.5. The molecule has 2 aliphatic rings. The second-order valence-corrected chi connectivity index (χ2v) is 12.8. The number of hydrogen-bond acceptors (Lipinski definition) is 6. The smallest absolute Gasteiger partial charge is 0.410 e. The number of nitrogens with one attached hydrogen (secondary N) is 2. The Bertz CT molecular complexity index is 1450. The van der Waals surface area contributed by atoms with E-state index in [-0.39, 0.29) is 35.8 Å². The molecule has 230 valence electrons. The molecule has 3 aromatic rings. The average Bonchev–Trinajstić information content (AvgIpc) is 3.62. The molecule has 5 rings (SSSR count). The molecule has 10 heteroatoms. The van der Waals surface area contributed by atoms with Crippen LogP contribution in [0.15, 0.2) is 48.7 Å². The number of rotatable bonds is 8. The van der Waals surface area contributed by atoms with E-state index in [9.17, 15) is 14.4 Å². The first-order valence-corrected chi connectivity index (χ1v) is 15.2. The number of imidazole rings is 1. The average molecular weight is 590 g/mol. The molecular formula is C33H43N5O5. The summed E-state index contributed by atoms with van der Waals surface area (Å²) in [4.78, 5) is 45.0. The van der Waals surface area contributed by atoms with E-state index in [4.69, 9.17) is 9.47 Å². The van der Waals surface area contributed by atoms with Crippen LogP contribution in [-0.4, -0.2) is 70.6 Å².